The summed E-state index contributed by atoms with van der Waals surface area (Å²) in [5.41, 5.74) is 5.38. The summed E-state index contributed by atoms with van der Waals surface area (Å²) in [6.45, 7) is 6.03. The first-order valence-electron chi connectivity index (χ1n) is 23.1. The van der Waals surface area contributed by atoms with Crippen LogP contribution < -0.4 is 10.6 Å². The Labute approximate surface area is 367 Å². The highest BCUT2D eigenvalue weighted by Crippen LogP contribution is 2.31. The molecule has 7 rings (SSSR count). The average molecular weight is 839 g/mol. The molecule has 0 bridgehead atoms. The number of unbranched alkanes of at least 4 members (excludes halogenated alkanes) is 6. The van der Waals surface area contributed by atoms with E-state index < -0.39 is 11.9 Å². The normalized spacial score (nSPS) is 18.7. The molecule has 11 nitrogen and oxygen atoms in total. The van der Waals surface area contributed by atoms with Crippen LogP contribution in [0.5, 0.6) is 0 Å². The van der Waals surface area contributed by atoms with E-state index in [9.17, 15) is 24.0 Å². The van der Waals surface area contributed by atoms with Gasteiger partial charge in [-0.25, -0.2) is 0 Å². The fraction of sp³-hybridized carbons (Fsp3) is 0.490. The number of rotatable bonds is 17. The molecule has 3 saturated heterocycles. The van der Waals surface area contributed by atoms with Gasteiger partial charge in [0.25, 0.3) is 11.8 Å². The van der Waals surface area contributed by atoms with Gasteiger partial charge in [-0.15, -0.1) is 0 Å². The van der Waals surface area contributed by atoms with Gasteiger partial charge < -0.3 is 20.0 Å². The molecule has 326 valence electrons. The van der Waals surface area contributed by atoms with Gasteiger partial charge in [-0.1, -0.05) is 68.2 Å². The maximum Gasteiger partial charge on any atom is 0.255 e. The highest BCUT2D eigenvalue weighted by molar-refractivity contribution is 6.05. The molecule has 5 amide bonds. The first-order valence-corrected chi connectivity index (χ1v) is 23.1. The van der Waals surface area contributed by atoms with Crippen LogP contribution in [0.15, 0.2) is 73.1 Å². The second-order valence-electron chi connectivity index (χ2n) is 17.4. The van der Waals surface area contributed by atoms with E-state index in [0.29, 0.717) is 36.9 Å². The topological polar surface area (TPSA) is 132 Å². The predicted molar refractivity (Wildman–Crippen MR) is 241 cm³/mol. The number of nitrogens with one attached hydrogen (secondary N) is 2. The number of pyridine rings is 1. The minimum absolute atomic E-state index is 0.0783. The minimum atomic E-state index is -0.617. The molecule has 2 N–H and O–H groups in total. The van der Waals surface area contributed by atoms with Gasteiger partial charge in [-0.3, -0.25) is 34.3 Å². The summed E-state index contributed by atoms with van der Waals surface area (Å²) in [6.07, 6.45) is 21.6. The van der Waals surface area contributed by atoms with Crippen LogP contribution in [0.4, 0.5) is 0 Å². The molecule has 4 aliphatic rings. The zero-order valence-electron chi connectivity index (χ0n) is 36.1. The molecule has 1 aromatic heterocycles. The predicted octanol–water partition coefficient (Wildman–Crippen LogP) is 7.27. The van der Waals surface area contributed by atoms with Gasteiger partial charge in [0.2, 0.25) is 17.7 Å². The fourth-order valence-electron chi connectivity index (χ4n) is 9.41. The number of carbonyl (C=O) groups is 5. The van der Waals surface area contributed by atoms with E-state index in [2.05, 4.69) is 44.5 Å². The second-order valence-corrected chi connectivity index (χ2v) is 17.4. The Balaban J connectivity index is 0.715. The molecule has 1 unspecified atom stereocenters. The average Bonchev–Trinajstić information content (AvgIpc) is 3.64. The number of hydrogen-bond acceptors (Lipinski definition) is 7. The van der Waals surface area contributed by atoms with E-state index in [4.69, 9.17) is 0 Å². The molecule has 11 heteroatoms. The number of amides is 5. The quantitative estimate of drug-likeness (QED) is 0.0633. The number of imide groups is 1. The van der Waals surface area contributed by atoms with Crippen LogP contribution in [0.3, 0.4) is 0 Å². The molecule has 1 atom stereocenters. The summed E-state index contributed by atoms with van der Waals surface area (Å²) in [4.78, 5) is 72.8. The van der Waals surface area contributed by atoms with E-state index >= 15 is 0 Å². The Morgan fingerprint density at radius 1 is 0.839 bits per heavy atom. The monoisotopic (exact) mass is 838 g/mol. The fourth-order valence-corrected chi connectivity index (χ4v) is 9.41. The van der Waals surface area contributed by atoms with E-state index in [0.717, 1.165) is 119 Å². The molecule has 0 radical (unpaired) electrons. The van der Waals surface area contributed by atoms with Crippen molar-refractivity contribution in [3.8, 4) is 11.8 Å². The van der Waals surface area contributed by atoms with E-state index in [1.54, 1.807) is 35.5 Å². The Morgan fingerprint density at radius 2 is 1.63 bits per heavy atom. The van der Waals surface area contributed by atoms with Gasteiger partial charge in [-0.05, 0) is 136 Å². The number of carbonyl (C=O) groups excluding carboxylic acids is 5. The molecule has 4 aliphatic heterocycles. The van der Waals surface area contributed by atoms with Crippen molar-refractivity contribution in [2.45, 2.75) is 115 Å². The third-order valence-corrected chi connectivity index (χ3v) is 13.1. The van der Waals surface area contributed by atoms with Crippen LogP contribution in [0, 0.1) is 17.8 Å². The SMILES string of the molecule is O=C(/C=C/c1cccnc1)NCCCCC1CCN(C(=O)c2ccc(C3CCN(CCCCCCCC#Cc4cccc5c4CN(C4CCC(=O)NC4=O)C5=O)CC3)cc2)CC1. The van der Waals surface area contributed by atoms with Crippen LogP contribution in [-0.2, 0) is 20.9 Å². The molecule has 5 heterocycles. The van der Waals surface area contributed by atoms with Gasteiger partial charge in [0.1, 0.15) is 6.04 Å². The lowest BCUT2D eigenvalue weighted by Crippen LogP contribution is -2.52. The van der Waals surface area contributed by atoms with Crippen molar-refractivity contribution >= 4 is 35.6 Å². The van der Waals surface area contributed by atoms with Gasteiger partial charge in [0.05, 0.1) is 0 Å². The van der Waals surface area contributed by atoms with Gasteiger partial charge in [0, 0.05) is 74.2 Å². The van der Waals surface area contributed by atoms with Gasteiger partial charge in [0.15, 0.2) is 0 Å². The van der Waals surface area contributed by atoms with Gasteiger partial charge in [-0.2, -0.15) is 0 Å². The Kier molecular flexibility index (Phi) is 16.1. The Morgan fingerprint density at radius 3 is 2.40 bits per heavy atom. The molecule has 0 saturated carbocycles. The van der Waals surface area contributed by atoms with Crippen LogP contribution in [0.25, 0.3) is 6.08 Å². The van der Waals surface area contributed by atoms with Crippen molar-refractivity contribution in [1.82, 2.24) is 30.3 Å². The summed E-state index contributed by atoms with van der Waals surface area (Å²) in [6, 6.07) is 17.2. The summed E-state index contributed by atoms with van der Waals surface area (Å²) < 4.78 is 0. The van der Waals surface area contributed by atoms with Crippen molar-refractivity contribution in [3.63, 3.8) is 0 Å². The summed E-state index contributed by atoms with van der Waals surface area (Å²) in [5, 5.41) is 5.33. The molecular weight excluding hydrogens is 777 g/mol. The van der Waals surface area contributed by atoms with Crippen molar-refractivity contribution < 1.29 is 24.0 Å². The van der Waals surface area contributed by atoms with E-state index in [1.165, 1.54) is 24.8 Å². The summed E-state index contributed by atoms with van der Waals surface area (Å²) in [5.74, 6) is 7.01. The molecule has 2 aromatic carbocycles. The van der Waals surface area contributed by atoms with E-state index in [-0.39, 0.29) is 30.0 Å². The number of benzene rings is 2. The number of hydrogen-bond donors (Lipinski definition) is 2. The third kappa shape index (κ3) is 12.3. The van der Waals surface area contributed by atoms with Gasteiger partial charge >= 0.3 is 0 Å². The molecular formula is C51H62N6O5. The first kappa shape index (κ1) is 44.5. The highest BCUT2D eigenvalue weighted by atomic mass is 16.2. The third-order valence-electron chi connectivity index (χ3n) is 13.1. The van der Waals surface area contributed by atoms with Crippen LogP contribution in [-0.4, -0.2) is 94.5 Å². The zero-order chi connectivity index (χ0) is 43.1. The Bertz CT molecular complexity index is 2110. The Hall–Kier alpha value is -5.60. The van der Waals surface area contributed by atoms with Crippen LogP contribution >= 0.6 is 0 Å². The van der Waals surface area contributed by atoms with Crippen LogP contribution in [0.1, 0.15) is 145 Å². The minimum Gasteiger partial charge on any atom is -0.353 e. The summed E-state index contributed by atoms with van der Waals surface area (Å²) in [7, 11) is 0. The number of nitrogens with zero attached hydrogens (tertiary/aromatic N) is 4. The number of likely N-dealkylation sites (tertiary alicyclic amines) is 2. The standard InChI is InChI=1S/C51H62N6O5/c58-47(23-17-39-13-11-29-52-36-39)53-30-8-7-12-38-25-34-56(35-26-38)50(61)43-20-18-40(19-21-43)41-27-32-55(33-28-41)31-9-5-3-1-2-4-6-14-42-15-10-16-44-45(42)37-57(51(44)62)46-22-24-48(59)54-49(46)60/h10-11,13,15-21,23,29,36,38,41,46H,1-5,7-9,12,22,24-28,30-35,37H2,(H,53,58)(H,54,59,60)/b23-17+. The number of fused-ring (bicyclic) bond motifs is 1. The lowest BCUT2D eigenvalue weighted by Gasteiger charge is -2.33. The molecule has 0 aliphatic carbocycles. The molecule has 0 spiro atoms. The van der Waals surface area contributed by atoms with Crippen molar-refractivity contribution in [2.75, 3.05) is 39.3 Å². The molecule has 3 fully saturated rings. The molecule has 62 heavy (non-hydrogen) atoms. The van der Waals surface area contributed by atoms with Crippen LogP contribution in [0.2, 0.25) is 0 Å². The lowest BCUT2D eigenvalue weighted by atomic mass is 9.88. The summed E-state index contributed by atoms with van der Waals surface area (Å²) >= 11 is 0. The second kappa shape index (κ2) is 22.5. The first-order chi connectivity index (χ1) is 30.3. The maximum atomic E-state index is 13.4. The van der Waals surface area contributed by atoms with Crippen molar-refractivity contribution in [3.05, 3.63) is 106 Å². The largest absolute Gasteiger partial charge is 0.353 e. The maximum absolute atomic E-state index is 13.4. The van der Waals surface area contributed by atoms with Crippen molar-refractivity contribution in [2.24, 2.45) is 5.92 Å². The number of aromatic nitrogens is 1. The number of piperidine rings is 3. The van der Waals surface area contributed by atoms with E-state index in [1.807, 2.05) is 41.3 Å². The smallest absolute Gasteiger partial charge is 0.255 e. The zero-order valence-corrected chi connectivity index (χ0v) is 36.1. The lowest BCUT2D eigenvalue weighted by molar-refractivity contribution is -0.137. The molecule has 3 aromatic rings. The highest BCUT2D eigenvalue weighted by Gasteiger charge is 2.39. The van der Waals surface area contributed by atoms with Crippen molar-refractivity contribution in [1.29, 1.82) is 0 Å².